The molecule has 4 rings (SSSR count). The van der Waals surface area contributed by atoms with E-state index in [-0.39, 0.29) is 11.8 Å². The molecule has 0 radical (unpaired) electrons. The van der Waals surface area contributed by atoms with Crippen molar-refractivity contribution in [2.75, 3.05) is 30.4 Å². The topological polar surface area (TPSA) is 98.1 Å². The lowest BCUT2D eigenvalue weighted by Gasteiger charge is -2.32. The van der Waals surface area contributed by atoms with Gasteiger partial charge in [-0.1, -0.05) is 6.07 Å². The fourth-order valence-corrected chi connectivity index (χ4v) is 3.37. The number of methoxy groups -OCH3 is 1. The van der Waals surface area contributed by atoms with Crippen LogP contribution in [0.15, 0.2) is 48.9 Å². The second kappa shape index (κ2) is 8.03. The lowest BCUT2D eigenvalue weighted by molar-refractivity contribution is -0.120. The van der Waals surface area contributed by atoms with Gasteiger partial charge in [0, 0.05) is 37.1 Å². The van der Waals surface area contributed by atoms with Crippen molar-refractivity contribution in [3.63, 3.8) is 0 Å². The van der Waals surface area contributed by atoms with E-state index in [0.29, 0.717) is 23.7 Å². The van der Waals surface area contributed by atoms with Crippen molar-refractivity contribution < 1.29 is 9.53 Å². The van der Waals surface area contributed by atoms with Gasteiger partial charge in [-0.15, -0.1) is 5.10 Å². The third kappa shape index (κ3) is 3.93. The summed E-state index contributed by atoms with van der Waals surface area (Å²) in [5.41, 5.74) is 1.35. The molecule has 9 nitrogen and oxygen atoms in total. The van der Waals surface area contributed by atoms with Crippen molar-refractivity contribution in [2.45, 2.75) is 12.8 Å². The Morgan fingerprint density at radius 3 is 2.96 bits per heavy atom. The van der Waals surface area contributed by atoms with Crippen molar-refractivity contribution in [1.29, 1.82) is 0 Å². The molecule has 3 heterocycles. The van der Waals surface area contributed by atoms with Crippen LogP contribution in [-0.4, -0.2) is 51.3 Å². The number of carbonyl (C=O) groups excluding carboxylic acids is 1. The Morgan fingerprint density at radius 1 is 1.29 bits per heavy atom. The Morgan fingerprint density at radius 2 is 2.21 bits per heavy atom. The largest absolute Gasteiger partial charge is 0.497 e. The number of ether oxygens (including phenoxy) is 1. The third-order valence-electron chi connectivity index (χ3n) is 4.77. The van der Waals surface area contributed by atoms with Crippen LogP contribution in [0.4, 0.5) is 11.5 Å². The molecule has 1 fully saturated rings. The molecule has 1 aromatic carbocycles. The van der Waals surface area contributed by atoms with Gasteiger partial charge in [0.1, 0.15) is 17.9 Å². The highest BCUT2D eigenvalue weighted by atomic mass is 16.5. The van der Waals surface area contributed by atoms with E-state index in [1.165, 1.54) is 11.0 Å². The summed E-state index contributed by atoms with van der Waals surface area (Å²) in [5, 5.41) is 14.2. The molecule has 2 aromatic heterocycles. The van der Waals surface area contributed by atoms with Crippen LogP contribution < -0.4 is 15.0 Å². The maximum atomic E-state index is 12.9. The summed E-state index contributed by atoms with van der Waals surface area (Å²) in [7, 11) is 1.58. The van der Waals surface area contributed by atoms with Crippen LogP contribution in [0.5, 0.6) is 5.75 Å². The minimum atomic E-state index is -0.113. The smallest absolute Gasteiger partial charge is 0.229 e. The van der Waals surface area contributed by atoms with Crippen molar-refractivity contribution in [1.82, 2.24) is 25.2 Å². The Hall–Kier alpha value is -3.49. The van der Waals surface area contributed by atoms with E-state index in [2.05, 4.69) is 30.7 Å². The van der Waals surface area contributed by atoms with E-state index >= 15 is 0 Å². The average Bonchev–Trinajstić information content (AvgIpc) is 3.29. The van der Waals surface area contributed by atoms with Gasteiger partial charge in [0.25, 0.3) is 0 Å². The van der Waals surface area contributed by atoms with Gasteiger partial charge in [-0.3, -0.25) is 4.79 Å². The van der Waals surface area contributed by atoms with Crippen molar-refractivity contribution in [3.8, 4) is 11.4 Å². The summed E-state index contributed by atoms with van der Waals surface area (Å²) in [6, 6.07) is 11.2. The molecule has 3 aromatic rings. The van der Waals surface area contributed by atoms with Crippen LogP contribution in [0.25, 0.3) is 5.69 Å². The number of hydrogen-bond acceptors (Lipinski definition) is 7. The summed E-state index contributed by atoms with van der Waals surface area (Å²) in [5.74, 6) is 1.39. The highest BCUT2D eigenvalue weighted by molar-refractivity contribution is 5.93. The summed E-state index contributed by atoms with van der Waals surface area (Å²) in [6.07, 6.45) is 5.06. The van der Waals surface area contributed by atoms with Crippen LogP contribution in [0.1, 0.15) is 12.8 Å². The maximum absolute atomic E-state index is 12.9. The average molecular weight is 379 g/mol. The first-order valence-corrected chi connectivity index (χ1v) is 9.12. The van der Waals surface area contributed by atoms with E-state index < -0.39 is 0 Å². The molecular formula is C19H21N7O2. The van der Waals surface area contributed by atoms with Crippen LogP contribution in [0.3, 0.4) is 0 Å². The normalized spacial score (nSPS) is 16.6. The fraction of sp³-hybridized carbons (Fsp3) is 0.316. The number of nitrogens with one attached hydrogen (secondary N) is 1. The predicted molar refractivity (Wildman–Crippen MR) is 104 cm³/mol. The number of rotatable bonds is 5. The predicted octanol–water partition coefficient (Wildman–Crippen LogP) is 1.92. The monoisotopic (exact) mass is 379 g/mol. The molecule has 28 heavy (non-hydrogen) atoms. The Kier molecular flexibility index (Phi) is 5.14. The second-order valence-electron chi connectivity index (χ2n) is 6.64. The number of pyridine rings is 1. The number of benzene rings is 1. The molecule has 1 unspecified atom stereocenters. The number of nitrogens with zero attached hydrogens (tertiary/aromatic N) is 6. The quantitative estimate of drug-likeness (QED) is 0.723. The lowest BCUT2D eigenvalue weighted by atomic mass is 9.97. The van der Waals surface area contributed by atoms with E-state index in [4.69, 9.17) is 4.74 Å². The highest BCUT2D eigenvalue weighted by Crippen LogP contribution is 2.26. The van der Waals surface area contributed by atoms with E-state index in [1.807, 2.05) is 24.3 Å². The van der Waals surface area contributed by atoms with Crippen LogP contribution in [0.2, 0.25) is 0 Å². The first-order chi connectivity index (χ1) is 13.7. The fourth-order valence-electron chi connectivity index (χ4n) is 3.37. The Bertz CT molecular complexity index is 931. The molecule has 1 aliphatic rings. The number of tetrazole rings is 1. The third-order valence-corrected chi connectivity index (χ3v) is 4.77. The molecule has 1 N–H and O–H groups in total. The molecular weight excluding hydrogens is 358 g/mol. The number of piperidine rings is 1. The van der Waals surface area contributed by atoms with Crippen molar-refractivity contribution in [2.24, 2.45) is 5.92 Å². The van der Waals surface area contributed by atoms with Gasteiger partial charge in [0.05, 0.1) is 18.7 Å². The highest BCUT2D eigenvalue weighted by Gasteiger charge is 2.26. The summed E-state index contributed by atoms with van der Waals surface area (Å²) in [4.78, 5) is 19.5. The minimum Gasteiger partial charge on any atom is -0.497 e. The lowest BCUT2D eigenvalue weighted by Crippen LogP contribution is -2.41. The van der Waals surface area contributed by atoms with Gasteiger partial charge in [-0.05, 0) is 41.5 Å². The zero-order chi connectivity index (χ0) is 19.3. The summed E-state index contributed by atoms with van der Waals surface area (Å²) in [6.45, 7) is 1.55. The van der Waals surface area contributed by atoms with Gasteiger partial charge in [-0.25, -0.2) is 9.67 Å². The standard InChI is InChI=1S/C19H21N7O2/c1-28-17-10-15(9-16(11-17)26-13-21-23-24-26)22-19(27)14-5-4-8-25(12-14)18-6-2-3-7-20-18/h2-3,6-7,9-11,13-14H,4-5,8,12H2,1H3,(H,22,27). The molecule has 1 atom stereocenters. The molecule has 0 bridgehead atoms. The number of amides is 1. The summed E-state index contributed by atoms with van der Waals surface area (Å²) < 4.78 is 6.86. The van der Waals surface area contributed by atoms with E-state index in [9.17, 15) is 4.79 Å². The number of aromatic nitrogens is 5. The SMILES string of the molecule is COc1cc(NC(=O)C2CCCN(c3ccccn3)C2)cc(-n2cnnn2)c1. The second-order valence-corrected chi connectivity index (χ2v) is 6.64. The number of carbonyl (C=O) groups is 1. The van der Waals surface area contributed by atoms with E-state index in [0.717, 1.165) is 25.2 Å². The van der Waals surface area contributed by atoms with Crippen LogP contribution in [0, 0.1) is 5.92 Å². The molecule has 1 aliphatic heterocycles. The maximum Gasteiger partial charge on any atom is 0.229 e. The molecule has 0 spiro atoms. The van der Waals surface area contributed by atoms with Gasteiger partial charge < -0.3 is 15.0 Å². The van der Waals surface area contributed by atoms with Gasteiger partial charge >= 0.3 is 0 Å². The first-order valence-electron chi connectivity index (χ1n) is 9.12. The van der Waals surface area contributed by atoms with Gasteiger partial charge in [0.2, 0.25) is 5.91 Å². The van der Waals surface area contributed by atoms with Crippen LogP contribution in [-0.2, 0) is 4.79 Å². The van der Waals surface area contributed by atoms with Crippen molar-refractivity contribution in [3.05, 3.63) is 48.9 Å². The molecule has 0 saturated carbocycles. The zero-order valence-electron chi connectivity index (χ0n) is 15.5. The molecule has 1 saturated heterocycles. The number of anilines is 2. The molecule has 0 aliphatic carbocycles. The number of hydrogen-bond donors (Lipinski definition) is 1. The molecule has 1 amide bonds. The van der Waals surface area contributed by atoms with Crippen molar-refractivity contribution >= 4 is 17.4 Å². The first kappa shape index (κ1) is 17.9. The van der Waals surface area contributed by atoms with Crippen LogP contribution >= 0.6 is 0 Å². The van der Waals surface area contributed by atoms with Gasteiger partial charge in [-0.2, -0.15) is 0 Å². The van der Waals surface area contributed by atoms with Gasteiger partial charge in [0.15, 0.2) is 0 Å². The zero-order valence-corrected chi connectivity index (χ0v) is 15.5. The Labute approximate surface area is 162 Å². The molecule has 144 valence electrons. The molecule has 9 heteroatoms. The summed E-state index contributed by atoms with van der Waals surface area (Å²) >= 11 is 0. The minimum absolute atomic E-state index is 0.0171. The Balaban J connectivity index is 1.49. The van der Waals surface area contributed by atoms with E-state index in [1.54, 1.807) is 25.4 Å².